The minimum atomic E-state index is -0.205. The van der Waals surface area contributed by atoms with Gasteiger partial charge in [-0.25, -0.2) is 0 Å². The molecule has 2 heterocycles. The molecule has 1 saturated carbocycles. The Balaban J connectivity index is 1.48. The number of halogens is 1. The van der Waals surface area contributed by atoms with E-state index in [4.69, 9.17) is 21.4 Å². The van der Waals surface area contributed by atoms with Gasteiger partial charge >= 0.3 is 0 Å². The summed E-state index contributed by atoms with van der Waals surface area (Å²) in [6.45, 7) is 0. The first-order valence-electron chi connectivity index (χ1n) is 9.22. The number of nitriles is 1. The van der Waals surface area contributed by atoms with Gasteiger partial charge in [0.25, 0.3) is 5.91 Å². The largest absolute Gasteiger partial charge is 0.360 e. The lowest BCUT2D eigenvalue weighted by Gasteiger charge is -2.30. The second-order valence-corrected chi connectivity index (χ2v) is 7.44. The van der Waals surface area contributed by atoms with Crippen molar-refractivity contribution in [1.82, 2.24) is 20.4 Å². The van der Waals surface area contributed by atoms with Gasteiger partial charge in [-0.1, -0.05) is 16.8 Å². The highest BCUT2D eigenvalue weighted by atomic mass is 35.5. The van der Waals surface area contributed by atoms with Crippen molar-refractivity contribution >= 4 is 23.4 Å². The molecule has 9 heteroatoms. The second-order valence-electron chi connectivity index (χ2n) is 7.05. The molecule has 2 aromatic heterocycles. The second kappa shape index (κ2) is 8.93. The molecule has 0 aliphatic heterocycles. The minimum absolute atomic E-state index is 0.0138. The quantitative estimate of drug-likeness (QED) is 0.768. The molecule has 0 saturated heterocycles. The van der Waals surface area contributed by atoms with E-state index in [-0.39, 0.29) is 29.1 Å². The first-order chi connectivity index (χ1) is 13.4. The van der Waals surface area contributed by atoms with Gasteiger partial charge in [-0.3, -0.25) is 9.59 Å². The van der Waals surface area contributed by atoms with Gasteiger partial charge in [-0.05, 0) is 31.7 Å². The van der Waals surface area contributed by atoms with Gasteiger partial charge in [-0.15, -0.1) is 0 Å². The van der Waals surface area contributed by atoms with Crippen molar-refractivity contribution in [2.24, 2.45) is 7.05 Å². The van der Waals surface area contributed by atoms with E-state index in [2.05, 4.69) is 15.8 Å². The van der Waals surface area contributed by atoms with E-state index in [1.54, 1.807) is 29.9 Å². The maximum absolute atomic E-state index is 12.5. The molecule has 2 aromatic rings. The monoisotopic (exact) mass is 403 g/mol. The van der Waals surface area contributed by atoms with Crippen LogP contribution in [0.25, 0.3) is 0 Å². The molecule has 148 valence electrons. The van der Waals surface area contributed by atoms with Crippen LogP contribution >= 0.6 is 11.6 Å². The fourth-order valence-corrected chi connectivity index (χ4v) is 3.66. The van der Waals surface area contributed by atoms with Crippen molar-refractivity contribution < 1.29 is 14.1 Å². The molecule has 0 radical (unpaired) electrons. The third-order valence-electron chi connectivity index (χ3n) is 4.87. The van der Waals surface area contributed by atoms with E-state index in [1.165, 1.54) is 0 Å². The first kappa shape index (κ1) is 20.0. The topological polar surface area (TPSA) is 113 Å². The van der Waals surface area contributed by atoms with Gasteiger partial charge < -0.3 is 19.7 Å². The van der Waals surface area contributed by atoms with E-state index in [9.17, 15) is 9.59 Å². The predicted molar refractivity (Wildman–Crippen MR) is 102 cm³/mol. The number of carbonyl (C=O) groups is 2. The molecule has 8 nitrogen and oxygen atoms in total. The van der Waals surface area contributed by atoms with Crippen molar-refractivity contribution in [1.29, 1.82) is 5.26 Å². The third-order valence-corrected chi connectivity index (χ3v) is 5.05. The lowest BCUT2D eigenvalue weighted by atomic mass is 9.90. The first-order valence-corrected chi connectivity index (χ1v) is 9.60. The van der Waals surface area contributed by atoms with E-state index >= 15 is 0 Å². The van der Waals surface area contributed by atoms with Gasteiger partial charge in [0.15, 0.2) is 5.15 Å². The molecule has 0 bridgehead atoms. The molecule has 1 fully saturated rings. The molecule has 2 amide bonds. The van der Waals surface area contributed by atoms with Crippen LogP contribution in [0.4, 0.5) is 0 Å². The lowest BCUT2D eigenvalue weighted by Crippen LogP contribution is -2.46. The fourth-order valence-electron chi connectivity index (χ4n) is 3.50. The number of carbonyl (C=O) groups excluding carboxylic acids is 2. The fraction of sp³-hybridized carbons (Fsp3) is 0.474. The Kier molecular flexibility index (Phi) is 6.37. The summed E-state index contributed by atoms with van der Waals surface area (Å²) in [5.41, 5.74) is 0.905. The van der Waals surface area contributed by atoms with Gasteiger partial charge in [0, 0.05) is 44.2 Å². The highest BCUT2D eigenvalue weighted by molar-refractivity contribution is 6.29. The zero-order valence-electron chi connectivity index (χ0n) is 15.6. The number of amides is 2. The number of aryl methyl sites for hydroxylation is 2. The lowest BCUT2D eigenvalue weighted by molar-refractivity contribution is -0.122. The van der Waals surface area contributed by atoms with Crippen molar-refractivity contribution in [2.45, 2.75) is 50.6 Å². The third kappa shape index (κ3) is 5.14. The van der Waals surface area contributed by atoms with Crippen LogP contribution in [-0.2, 0) is 18.3 Å². The normalized spacial score (nSPS) is 19.0. The number of hydrogen-bond acceptors (Lipinski definition) is 5. The molecule has 1 aliphatic carbocycles. The van der Waals surface area contributed by atoms with Crippen LogP contribution in [0.2, 0.25) is 5.15 Å². The van der Waals surface area contributed by atoms with Crippen molar-refractivity contribution in [3.63, 3.8) is 0 Å². The Morgan fingerprint density at radius 1 is 1.36 bits per heavy atom. The highest BCUT2D eigenvalue weighted by Crippen LogP contribution is 2.20. The SMILES string of the molecule is Cn1cc(C#N)cc1C(=O)N[C@@H]1CCC[C@@H](NC(=O)CCc2cc(Cl)no2)C1. The average molecular weight is 404 g/mol. The smallest absolute Gasteiger partial charge is 0.268 e. The summed E-state index contributed by atoms with van der Waals surface area (Å²) >= 11 is 5.70. The number of hydrogen-bond donors (Lipinski definition) is 2. The maximum atomic E-state index is 12.5. The van der Waals surface area contributed by atoms with Crippen molar-refractivity contribution in [3.05, 3.63) is 40.5 Å². The standard InChI is InChI=1S/C19H22ClN5O3/c1-25-11-12(10-21)7-16(25)19(27)23-14-4-2-3-13(8-14)22-18(26)6-5-15-9-17(20)24-28-15/h7,9,11,13-14H,2-6,8H2,1H3,(H,22,26)(H,23,27)/t13-,14-/m1/s1. The Labute approximate surface area is 167 Å². The molecule has 0 unspecified atom stereocenters. The van der Waals surface area contributed by atoms with Gasteiger partial charge in [0.05, 0.1) is 5.56 Å². The summed E-state index contributed by atoms with van der Waals surface area (Å²) in [6, 6.07) is 5.22. The molecule has 28 heavy (non-hydrogen) atoms. The minimum Gasteiger partial charge on any atom is -0.360 e. The van der Waals surface area contributed by atoms with Gasteiger partial charge in [0.2, 0.25) is 5.91 Å². The van der Waals surface area contributed by atoms with Crippen LogP contribution in [0.3, 0.4) is 0 Å². The zero-order chi connectivity index (χ0) is 20.1. The van der Waals surface area contributed by atoms with Crippen LogP contribution in [0.15, 0.2) is 22.9 Å². The summed E-state index contributed by atoms with van der Waals surface area (Å²) in [5.74, 6) is 0.307. The number of rotatable bonds is 6. The molecule has 3 rings (SSSR count). The van der Waals surface area contributed by atoms with Crippen LogP contribution in [0.5, 0.6) is 0 Å². The van der Waals surface area contributed by atoms with E-state index in [1.807, 2.05) is 6.07 Å². The van der Waals surface area contributed by atoms with E-state index in [0.717, 1.165) is 19.3 Å². The Morgan fingerprint density at radius 3 is 2.75 bits per heavy atom. The molecule has 2 atom stereocenters. The number of nitrogens with one attached hydrogen (secondary N) is 2. The summed E-state index contributed by atoms with van der Waals surface area (Å²) in [5, 5.41) is 18.9. The van der Waals surface area contributed by atoms with Crippen LogP contribution in [0.1, 0.15) is 53.9 Å². The summed E-state index contributed by atoms with van der Waals surface area (Å²) in [4.78, 5) is 24.7. The van der Waals surface area contributed by atoms with E-state index in [0.29, 0.717) is 36.3 Å². The summed E-state index contributed by atoms with van der Waals surface area (Å²) in [6.07, 6.45) is 5.71. The van der Waals surface area contributed by atoms with Crippen LogP contribution in [0, 0.1) is 11.3 Å². The van der Waals surface area contributed by atoms with Gasteiger partial charge in [-0.2, -0.15) is 5.26 Å². The number of aromatic nitrogens is 2. The molecular formula is C19H22ClN5O3. The molecule has 0 spiro atoms. The molecular weight excluding hydrogens is 382 g/mol. The Bertz CT molecular complexity index is 898. The van der Waals surface area contributed by atoms with Crippen LogP contribution < -0.4 is 10.6 Å². The molecule has 0 aromatic carbocycles. The zero-order valence-corrected chi connectivity index (χ0v) is 16.3. The summed E-state index contributed by atoms with van der Waals surface area (Å²) < 4.78 is 6.64. The molecule has 2 N–H and O–H groups in total. The summed E-state index contributed by atoms with van der Waals surface area (Å²) in [7, 11) is 1.74. The van der Waals surface area contributed by atoms with Crippen molar-refractivity contribution in [3.8, 4) is 6.07 Å². The highest BCUT2D eigenvalue weighted by Gasteiger charge is 2.25. The Morgan fingerprint density at radius 2 is 2.11 bits per heavy atom. The maximum Gasteiger partial charge on any atom is 0.268 e. The van der Waals surface area contributed by atoms with E-state index < -0.39 is 0 Å². The van der Waals surface area contributed by atoms with Gasteiger partial charge in [0.1, 0.15) is 17.5 Å². The average Bonchev–Trinajstić information content (AvgIpc) is 3.25. The predicted octanol–water partition coefficient (Wildman–Crippen LogP) is 2.33. The molecule has 1 aliphatic rings. The number of nitrogens with zero attached hydrogens (tertiary/aromatic N) is 3. The van der Waals surface area contributed by atoms with Crippen LogP contribution in [-0.4, -0.2) is 33.6 Å². The Hall–Kier alpha value is -2.79. The van der Waals surface area contributed by atoms with Crippen molar-refractivity contribution in [2.75, 3.05) is 0 Å².